The fourth-order valence-electron chi connectivity index (χ4n) is 1.46. The second-order valence-electron chi connectivity index (χ2n) is 5.17. The Morgan fingerprint density at radius 1 is 1.53 bits per heavy atom. The van der Waals surface area contributed by atoms with Gasteiger partial charge in [0.1, 0.15) is 5.60 Å². The summed E-state index contributed by atoms with van der Waals surface area (Å²) in [6.07, 6.45) is 3.24. The van der Waals surface area contributed by atoms with Crippen molar-refractivity contribution in [3.05, 3.63) is 30.1 Å². The molecule has 0 aromatic carbocycles. The number of rotatable bonds is 4. The summed E-state index contributed by atoms with van der Waals surface area (Å²) in [6.45, 7) is 6.19. The minimum absolute atomic E-state index is 0.277. The minimum Gasteiger partial charge on any atom is -0.444 e. The van der Waals surface area contributed by atoms with Crippen molar-refractivity contribution in [1.82, 2.24) is 9.88 Å². The van der Waals surface area contributed by atoms with E-state index in [4.69, 9.17) is 10.00 Å². The molecule has 0 saturated heterocycles. The van der Waals surface area contributed by atoms with Crippen LogP contribution in [-0.2, 0) is 11.3 Å². The van der Waals surface area contributed by atoms with Crippen LogP contribution in [-0.4, -0.2) is 28.1 Å². The highest BCUT2D eigenvalue weighted by molar-refractivity contribution is 5.68. The molecule has 0 unspecified atom stereocenters. The maximum Gasteiger partial charge on any atom is 0.410 e. The molecule has 0 aliphatic heterocycles. The SMILES string of the molecule is CC(C)(C)OC(=O)N(CCC#N)Cc1cccnc1. The number of nitriles is 1. The van der Waals surface area contributed by atoms with Crippen LogP contribution in [0.1, 0.15) is 32.8 Å². The van der Waals surface area contributed by atoms with E-state index in [-0.39, 0.29) is 6.42 Å². The lowest BCUT2D eigenvalue weighted by Crippen LogP contribution is -2.37. The molecule has 1 amide bonds. The van der Waals surface area contributed by atoms with E-state index >= 15 is 0 Å². The third-order valence-corrected chi connectivity index (χ3v) is 2.24. The lowest BCUT2D eigenvalue weighted by molar-refractivity contribution is 0.0237. The van der Waals surface area contributed by atoms with Gasteiger partial charge in [-0.25, -0.2) is 4.79 Å². The first-order valence-corrected chi connectivity index (χ1v) is 6.16. The van der Waals surface area contributed by atoms with Gasteiger partial charge in [0.2, 0.25) is 0 Å². The lowest BCUT2D eigenvalue weighted by atomic mass is 10.2. The van der Waals surface area contributed by atoms with Crippen molar-refractivity contribution in [3.63, 3.8) is 0 Å². The van der Waals surface area contributed by atoms with Crippen LogP contribution in [0.2, 0.25) is 0 Å². The molecule has 0 radical (unpaired) electrons. The van der Waals surface area contributed by atoms with Gasteiger partial charge in [-0.15, -0.1) is 0 Å². The monoisotopic (exact) mass is 261 g/mol. The zero-order valence-electron chi connectivity index (χ0n) is 11.6. The number of aromatic nitrogens is 1. The predicted molar refractivity (Wildman–Crippen MR) is 71.1 cm³/mol. The second kappa shape index (κ2) is 6.74. The van der Waals surface area contributed by atoms with Crippen molar-refractivity contribution in [3.8, 4) is 6.07 Å². The first-order valence-electron chi connectivity index (χ1n) is 6.16. The zero-order valence-corrected chi connectivity index (χ0v) is 11.6. The number of amides is 1. The average molecular weight is 261 g/mol. The molecular formula is C14H19N3O2. The number of hydrogen-bond donors (Lipinski definition) is 0. The van der Waals surface area contributed by atoms with Gasteiger partial charge in [0, 0.05) is 18.9 Å². The highest BCUT2D eigenvalue weighted by atomic mass is 16.6. The number of nitrogens with zero attached hydrogens (tertiary/aromatic N) is 3. The molecule has 1 heterocycles. The number of carbonyl (C=O) groups is 1. The molecular weight excluding hydrogens is 242 g/mol. The molecule has 0 bridgehead atoms. The fraction of sp³-hybridized carbons (Fsp3) is 0.500. The fourth-order valence-corrected chi connectivity index (χ4v) is 1.46. The Kier molecular flexibility index (Phi) is 5.31. The molecule has 19 heavy (non-hydrogen) atoms. The number of pyridine rings is 1. The highest BCUT2D eigenvalue weighted by Gasteiger charge is 2.22. The summed E-state index contributed by atoms with van der Waals surface area (Å²) in [5.74, 6) is 0. The van der Waals surface area contributed by atoms with Crippen LogP contribution >= 0.6 is 0 Å². The molecule has 0 N–H and O–H groups in total. The van der Waals surface area contributed by atoms with Gasteiger partial charge in [-0.3, -0.25) is 4.98 Å². The summed E-state index contributed by atoms with van der Waals surface area (Å²) in [4.78, 5) is 17.6. The quantitative estimate of drug-likeness (QED) is 0.835. The van der Waals surface area contributed by atoms with Gasteiger partial charge in [0.15, 0.2) is 0 Å². The van der Waals surface area contributed by atoms with E-state index in [1.807, 2.05) is 39.0 Å². The summed E-state index contributed by atoms with van der Waals surface area (Å²) >= 11 is 0. The van der Waals surface area contributed by atoms with Crippen molar-refractivity contribution in [2.75, 3.05) is 6.54 Å². The summed E-state index contributed by atoms with van der Waals surface area (Å²) < 4.78 is 5.33. The van der Waals surface area contributed by atoms with Crippen molar-refractivity contribution >= 4 is 6.09 Å². The second-order valence-corrected chi connectivity index (χ2v) is 5.17. The third kappa shape index (κ3) is 5.87. The van der Waals surface area contributed by atoms with E-state index in [0.29, 0.717) is 13.1 Å². The van der Waals surface area contributed by atoms with Crippen LogP contribution in [0.25, 0.3) is 0 Å². The van der Waals surface area contributed by atoms with Crippen LogP contribution in [0.4, 0.5) is 4.79 Å². The zero-order chi connectivity index (χ0) is 14.3. The maximum atomic E-state index is 12.0. The van der Waals surface area contributed by atoms with Gasteiger partial charge in [-0.05, 0) is 32.4 Å². The summed E-state index contributed by atoms with van der Waals surface area (Å²) in [7, 11) is 0. The molecule has 0 spiro atoms. The van der Waals surface area contributed by atoms with E-state index in [0.717, 1.165) is 5.56 Å². The van der Waals surface area contributed by atoms with Gasteiger partial charge in [0.05, 0.1) is 19.0 Å². The predicted octanol–water partition coefficient (Wildman–Crippen LogP) is 2.73. The molecule has 0 aliphatic carbocycles. The third-order valence-electron chi connectivity index (χ3n) is 2.24. The highest BCUT2D eigenvalue weighted by Crippen LogP contribution is 2.12. The Labute approximate surface area is 113 Å². The Morgan fingerprint density at radius 2 is 2.26 bits per heavy atom. The van der Waals surface area contributed by atoms with E-state index in [1.165, 1.54) is 4.90 Å². The Hall–Kier alpha value is -2.09. The molecule has 5 heteroatoms. The standard InChI is InChI=1S/C14H19N3O2/c1-14(2,3)19-13(18)17(9-5-7-15)11-12-6-4-8-16-10-12/h4,6,8,10H,5,9,11H2,1-3H3. The maximum absolute atomic E-state index is 12.0. The first kappa shape index (κ1) is 15.0. The number of carbonyl (C=O) groups excluding carboxylic acids is 1. The van der Waals surface area contributed by atoms with Gasteiger partial charge in [0.25, 0.3) is 0 Å². The molecule has 5 nitrogen and oxygen atoms in total. The van der Waals surface area contributed by atoms with Gasteiger partial charge in [-0.1, -0.05) is 6.07 Å². The van der Waals surface area contributed by atoms with E-state index in [1.54, 1.807) is 12.4 Å². The molecule has 0 aliphatic rings. The van der Waals surface area contributed by atoms with Gasteiger partial charge in [-0.2, -0.15) is 5.26 Å². The Bertz CT molecular complexity index is 446. The van der Waals surface area contributed by atoms with E-state index in [9.17, 15) is 4.79 Å². The van der Waals surface area contributed by atoms with Gasteiger partial charge < -0.3 is 9.64 Å². The minimum atomic E-state index is -0.545. The molecule has 0 saturated carbocycles. The van der Waals surface area contributed by atoms with Crippen molar-refractivity contribution in [1.29, 1.82) is 5.26 Å². The summed E-state index contributed by atoms with van der Waals surface area (Å²) in [6, 6.07) is 5.73. The van der Waals surface area contributed by atoms with E-state index < -0.39 is 11.7 Å². The molecule has 0 fully saturated rings. The van der Waals surface area contributed by atoms with Crippen LogP contribution < -0.4 is 0 Å². The average Bonchev–Trinajstić information content (AvgIpc) is 2.33. The molecule has 1 rings (SSSR count). The normalized spacial score (nSPS) is 10.6. The Balaban J connectivity index is 2.72. The smallest absolute Gasteiger partial charge is 0.410 e. The largest absolute Gasteiger partial charge is 0.444 e. The van der Waals surface area contributed by atoms with Crippen molar-refractivity contribution < 1.29 is 9.53 Å². The summed E-state index contributed by atoms with van der Waals surface area (Å²) in [5, 5.41) is 8.65. The van der Waals surface area contributed by atoms with Gasteiger partial charge >= 0.3 is 6.09 Å². The van der Waals surface area contributed by atoms with E-state index in [2.05, 4.69) is 4.98 Å². The van der Waals surface area contributed by atoms with Crippen LogP contribution in [0.15, 0.2) is 24.5 Å². The first-order chi connectivity index (χ1) is 8.92. The van der Waals surface area contributed by atoms with Crippen LogP contribution in [0, 0.1) is 11.3 Å². The van der Waals surface area contributed by atoms with Crippen molar-refractivity contribution in [2.45, 2.75) is 39.3 Å². The molecule has 0 atom stereocenters. The number of hydrogen-bond acceptors (Lipinski definition) is 4. The number of ether oxygens (including phenoxy) is 1. The lowest BCUT2D eigenvalue weighted by Gasteiger charge is -2.26. The Morgan fingerprint density at radius 3 is 2.79 bits per heavy atom. The molecule has 102 valence electrons. The molecule has 1 aromatic heterocycles. The van der Waals surface area contributed by atoms with Crippen LogP contribution in [0.3, 0.4) is 0 Å². The van der Waals surface area contributed by atoms with Crippen LogP contribution in [0.5, 0.6) is 0 Å². The van der Waals surface area contributed by atoms with Crippen molar-refractivity contribution in [2.24, 2.45) is 0 Å². The topological polar surface area (TPSA) is 66.2 Å². The summed E-state index contributed by atoms with van der Waals surface area (Å²) in [5.41, 5.74) is 0.364. The molecule has 1 aromatic rings.